The van der Waals surface area contributed by atoms with Gasteiger partial charge in [-0.1, -0.05) is 13.8 Å². The molecule has 0 aromatic rings. The Labute approximate surface area is 86.6 Å². The molecule has 5 heteroatoms. The number of nitrogens with one attached hydrogen (secondary N) is 1. The Morgan fingerprint density at radius 1 is 1.36 bits per heavy atom. The molecule has 0 aliphatic carbocycles. The van der Waals surface area contributed by atoms with Crippen LogP contribution in [0.4, 0.5) is 0 Å². The summed E-state index contributed by atoms with van der Waals surface area (Å²) in [5.74, 6) is 0.518. The molecule has 14 heavy (non-hydrogen) atoms. The second-order valence-corrected chi connectivity index (χ2v) is 6.11. The highest BCUT2D eigenvalue weighted by Gasteiger charge is 2.12. The van der Waals surface area contributed by atoms with Crippen LogP contribution in [0.2, 0.25) is 0 Å². The Morgan fingerprint density at radius 3 is 2.36 bits per heavy atom. The third-order valence-corrected chi connectivity index (χ3v) is 4.17. The fourth-order valence-corrected chi connectivity index (χ4v) is 1.66. The van der Waals surface area contributed by atoms with E-state index in [9.17, 15) is 8.42 Å². The van der Waals surface area contributed by atoms with Crippen LogP contribution in [0.3, 0.4) is 0 Å². The lowest BCUT2D eigenvalue weighted by atomic mass is 10.1. The average molecular weight is 223 g/mol. The molecule has 0 saturated heterocycles. The largest absolute Gasteiger partial charge is 0.396 e. The fourth-order valence-electron chi connectivity index (χ4n) is 0.946. The molecule has 0 aromatic heterocycles. The van der Waals surface area contributed by atoms with E-state index in [1.54, 1.807) is 6.92 Å². The van der Waals surface area contributed by atoms with Crippen LogP contribution in [-0.4, -0.2) is 44.2 Å². The Kier molecular flexibility index (Phi) is 6.31. The highest BCUT2D eigenvalue weighted by atomic mass is 32.2. The molecule has 0 aliphatic heterocycles. The van der Waals surface area contributed by atoms with Crippen LogP contribution in [0.5, 0.6) is 0 Å². The van der Waals surface area contributed by atoms with E-state index in [-0.39, 0.29) is 30.1 Å². The number of aliphatic hydroxyl groups excluding tert-OH is 1. The molecule has 0 fully saturated rings. The van der Waals surface area contributed by atoms with Crippen molar-refractivity contribution in [2.24, 2.45) is 5.92 Å². The molecule has 0 aromatic carbocycles. The average Bonchev–Trinajstić information content (AvgIpc) is 2.16. The normalized spacial score (nSPS) is 16.6. The summed E-state index contributed by atoms with van der Waals surface area (Å²) in [5.41, 5.74) is 0. The number of hydrogen-bond acceptors (Lipinski definition) is 4. The van der Waals surface area contributed by atoms with Gasteiger partial charge in [-0.15, -0.1) is 0 Å². The van der Waals surface area contributed by atoms with Crippen LogP contribution in [0.25, 0.3) is 0 Å². The van der Waals surface area contributed by atoms with Crippen LogP contribution in [0.1, 0.15) is 20.8 Å². The topological polar surface area (TPSA) is 66.4 Å². The molecule has 0 aliphatic rings. The molecule has 0 bridgehead atoms. The van der Waals surface area contributed by atoms with Gasteiger partial charge >= 0.3 is 0 Å². The van der Waals surface area contributed by atoms with E-state index >= 15 is 0 Å². The zero-order chi connectivity index (χ0) is 11.2. The van der Waals surface area contributed by atoms with Gasteiger partial charge in [-0.25, -0.2) is 8.42 Å². The fraction of sp³-hybridized carbons (Fsp3) is 1.00. The molecule has 0 amide bonds. The van der Waals surface area contributed by atoms with Gasteiger partial charge in [-0.2, -0.15) is 0 Å². The highest BCUT2D eigenvalue weighted by Crippen LogP contribution is 2.00. The summed E-state index contributed by atoms with van der Waals surface area (Å²) in [6.07, 6.45) is 0. The van der Waals surface area contributed by atoms with Gasteiger partial charge in [0.05, 0.1) is 5.75 Å². The van der Waals surface area contributed by atoms with Crippen molar-refractivity contribution in [1.29, 1.82) is 0 Å². The van der Waals surface area contributed by atoms with Crippen LogP contribution in [0.15, 0.2) is 0 Å². The SMILES string of the molecule is CCS(=O)(=O)CCNC(C)C(C)CO. The Bertz CT molecular complexity index is 238. The summed E-state index contributed by atoms with van der Waals surface area (Å²) < 4.78 is 22.3. The summed E-state index contributed by atoms with van der Waals surface area (Å²) in [6.45, 7) is 6.09. The van der Waals surface area contributed by atoms with Gasteiger partial charge in [0.1, 0.15) is 0 Å². The predicted octanol–water partition coefficient (Wildman–Crippen LogP) is 0.0276. The summed E-state index contributed by atoms with van der Waals surface area (Å²) in [5, 5.41) is 11.9. The Hall–Kier alpha value is -0.130. The number of rotatable bonds is 7. The summed E-state index contributed by atoms with van der Waals surface area (Å²) in [7, 11) is -2.87. The maximum absolute atomic E-state index is 11.1. The molecule has 0 rings (SSSR count). The lowest BCUT2D eigenvalue weighted by molar-refractivity contribution is 0.208. The van der Waals surface area contributed by atoms with Crippen molar-refractivity contribution in [1.82, 2.24) is 5.32 Å². The molecule has 2 atom stereocenters. The molecule has 86 valence electrons. The van der Waals surface area contributed by atoms with E-state index < -0.39 is 9.84 Å². The first-order chi connectivity index (χ1) is 6.43. The van der Waals surface area contributed by atoms with Crippen molar-refractivity contribution in [3.8, 4) is 0 Å². The molecule has 0 saturated carbocycles. The van der Waals surface area contributed by atoms with E-state index in [1.165, 1.54) is 0 Å². The minimum absolute atomic E-state index is 0.120. The first-order valence-electron chi connectivity index (χ1n) is 4.97. The van der Waals surface area contributed by atoms with Crippen molar-refractivity contribution in [3.05, 3.63) is 0 Å². The van der Waals surface area contributed by atoms with E-state index in [2.05, 4.69) is 5.32 Å². The zero-order valence-corrected chi connectivity index (χ0v) is 9.97. The van der Waals surface area contributed by atoms with Crippen molar-refractivity contribution in [2.75, 3.05) is 24.7 Å². The molecule has 2 N–H and O–H groups in total. The zero-order valence-electron chi connectivity index (χ0n) is 9.16. The van der Waals surface area contributed by atoms with Crippen LogP contribution < -0.4 is 5.32 Å². The van der Waals surface area contributed by atoms with Gasteiger partial charge in [-0.05, 0) is 12.8 Å². The van der Waals surface area contributed by atoms with Gasteiger partial charge in [-0.3, -0.25) is 0 Å². The van der Waals surface area contributed by atoms with Gasteiger partial charge < -0.3 is 10.4 Å². The minimum atomic E-state index is -2.87. The third kappa shape index (κ3) is 5.57. The van der Waals surface area contributed by atoms with E-state index in [1.807, 2.05) is 13.8 Å². The monoisotopic (exact) mass is 223 g/mol. The molecule has 0 radical (unpaired) electrons. The number of aliphatic hydroxyl groups is 1. The van der Waals surface area contributed by atoms with Crippen LogP contribution >= 0.6 is 0 Å². The predicted molar refractivity (Wildman–Crippen MR) is 58.0 cm³/mol. The first-order valence-corrected chi connectivity index (χ1v) is 6.79. The van der Waals surface area contributed by atoms with Gasteiger partial charge in [0, 0.05) is 24.9 Å². The molecule has 0 spiro atoms. The summed E-state index contributed by atoms with van der Waals surface area (Å²) >= 11 is 0. The summed E-state index contributed by atoms with van der Waals surface area (Å²) in [6, 6.07) is 0.145. The second-order valence-electron chi connectivity index (χ2n) is 3.64. The van der Waals surface area contributed by atoms with Crippen molar-refractivity contribution >= 4 is 9.84 Å². The van der Waals surface area contributed by atoms with Crippen molar-refractivity contribution < 1.29 is 13.5 Å². The van der Waals surface area contributed by atoms with Crippen molar-refractivity contribution in [3.63, 3.8) is 0 Å². The first kappa shape index (κ1) is 13.9. The second kappa shape index (κ2) is 6.37. The third-order valence-electron chi connectivity index (χ3n) is 2.46. The highest BCUT2D eigenvalue weighted by molar-refractivity contribution is 7.91. The van der Waals surface area contributed by atoms with E-state index in [0.29, 0.717) is 6.54 Å². The molecular weight excluding hydrogens is 202 g/mol. The van der Waals surface area contributed by atoms with E-state index in [0.717, 1.165) is 0 Å². The summed E-state index contributed by atoms with van der Waals surface area (Å²) in [4.78, 5) is 0. The minimum Gasteiger partial charge on any atom is -0.396 e. The maximum Gasteiger partial charge on any atom is 0.151 e. The Balaban J connectivity index is 3.75. The smallest absolute Gasteiger partial charge is 0.151 e. The standard InChI is InChI=1S/C9H21NO3S/c1-4-14(12,13)6-5-10-9(3)8(2)7-11/h8-11H,4-7H2,1-3H3. The Morgan fingerprint density at radius 2 is 1.93 bits per heavy atom. The molecule has 0 heterocycles. The quantitative estimate of drug-likeness (QED) is 0.639. The molecule has 2 unspecified atom stereocenters. The van der Waals surface area contributed by atoms with Crippen LogP contribution in [-0.2, 0) is 9.84 Å². The van der Waals surface area contributed by atoms with Gasteiger partial charge in [0.15, 0.2) is 9.84 Å². The molecular formula is C9H21NO3S. The lowest BCUT2D eigenvalue weighted by Crippen LogP contribution is -2.37. The maximum atomic E-state index is 11.1. The number of sulfone groups is 1. The number of hydrogen-bond donors (Lipinski definition) is 2. The van der Waals surface area contributed by atoms with Crippen LogP contribution in [0, 0.1) is 5.92 Å². The lowest BCUT2D eigenvalue weighted by Gasteiger charge is -2.18. The molecule has 4 nitrogen and oxygen atoms in total. The van der Waals surface area contributed by atoms with E-state index in [4.69, 9.17) is 5.11 Å². The van der Waals surface area contributed by atoms with Crippen molar-refractivity contribution in [2.45, 2.75) is 26.8 Å². The van der Waals surface area contributed by atoms with Gasteiger partial charge in [0.25, 0.3) is 0 Å². The van der Waals surface area contributed by atoms with Gasteiger partial charge in [0.2, 0.25) is 0 Å².